The van der Waals surface area contributed by atoms with Gasteiger partial charge in [0.2, 0.25) is 0 Å². The molecule has 1 aliphatic carbocycles. The van der Waals surface area contributed by atoms with Gasteiger partial charge in [0.15, 0.2) is 0 Å². The molecule has 7 nitrogen and oxygen atoms in total. The zero-order chi connectivity index (χ0) is 19.5. The highest BCUT2D eigenvalue weighted by atomic mass is 16.4. The van der Waals surface area contributed by atoms with E-state index in [0.717, 1.165) is 63.7 Å². The van der Waals surface area contributed by atoms with Crippen LogP contribution >= 0.6 is 0 Å². The summed E-state index contributed by atoms with van der Waals surface area (Å²) >= 11 is 0. The van der Waals surface area contributed by atoms with Crippen molar-refractivity contribution < 1.29 is 9.90 Å². The van der Waals surface area contributed by atoms with Gasteiger partial charge in [0, 0.05) is 12.5 Å². The summed E-state index contributed by atoms with van der Waals surface area (Å²) in [5.41, 5.74) is 3.39. The summed E-state index contributed by atoms with van der Waals surface area (Å²) in [5.74, 6) is -0.271. The summed E-state index contributed by atoms with van der Waals surface area (Å²) in [6.07, 6.45) is 8.39. The number of rotatable bonds is 5. The van der Waals surface area contributed by atoms with E-state index in [0.29, 0.717) is 5.92 Å². The fraction of sp³-hybridized carbons (Fsp3) is 0.571. The highest BCUT2D eigenvalue weighted by Crippen LogP contribution is 2.33. The summed E-state index contributed by atoms with van der Waals surface area (Å²) in [5, 5.41) is 16.6. The van der Waals surface area contributed by atoms with Crippen LogP contribution < -0.4 is 11.0 Å². The Bertz CT molecular complexity index is 893. The normalized spacial score (nSPS) is 22.4. The molecule has 150 valence electrons. The van der Waals surface area contributed by atoms with Crippen LogP contribution in [0.15, 0.2) is 29.3 Å². The predicted molar refractivity (Wildman–Crippen MR) is 106 cm³/mol. The number of carbonyl (C=O) groups is 1. The van der Waals surface area contributed by atoms with Gasteiger partial charge in [-0.2, -0.15) is 9.78 Å². The third-order valence-electron chi connectivity index (χ3n) is 6.25. The molecule has 2 aliphatic rings. The zero-order valence-corrected chi connectivity index (χ0v) is 16.1. The third-order valence-corrected chi connectivity index (χ3v) is 6.25. The maximum atomic E-state index is 13.0. The first kappa shape index (κ1) is 18.9. The molecule has 7 heteroatoms. The molecule has 28 heavy (non-hydrogen) atoms. The fourth-order valence-corrected chi connectivity index (χ4v) is 4.57. The molecular weight excluding hydrogens is 356 g/mol. The van der Waals surface area contributed by atoms with E-state index in [1.165, 1.54) is 15.8 Å². The molecule has 0 bridgehead atoms. The van der Waals surface area contributed by atoms with Crippen LogP contribution in [-0.4, -0.2) is 38.5 Å². The number of nitrogens with zero attached hydrogens (tertiary/aromatic N) is 3. The molecule has 2 heterocycles. The van der Waals surface area contributed by atoms with Gasteiger partial charge in [0.05, 0.1) is 5.69 Å². The van der Waals surface area contributed by atoms with Crippen molar-refractivity contribution >= 4 is 5.97 Å². The molecule has 0 saturated heterocycles. The topological polar surface area (TPSA) is 89.2 Å². The lowest BCUT2D eigenvalue weighted by Crippen LogP contribution is -2.29. The minimum absolute atomic E-state index is 0.0827. The van der Waals surface area contributed by atoms with Crippen LogP contribution in [0.2, 0.25) is 0 Å². The summed E-state index contributed by atoms with van der Waals surface area (Å²) in [6, 6.07) is 6.37. The highest BCUT2D eigenvalue weighted by Gasteiger charge is 2.25. The number of benzene rings is 1. The van der Waals surface area contributed by atoms with Crippen LogP contribution in [0.25, 0.3) is 5.69 Å². The summed E-state index contributed by atoms with van der Waals surface area (Å²) in [7, 11) is 0. The maximum Gasteiger partial charge on any atom is 0.350 e. The fourth-order valence-electron chi connectivity index (χ4n) is 4.57. The standard InChI is InChI=1S/C21H28N4O3/c26-20(27)8-3-15-1-5-18(6-2-15)24-14-23-25(21(24)28)19-7-4-16-9-11-22-12-10-17(16)13-19/h4,7,13-15,18,22H,1-3,5-6,8-12H2,(H,26,27). The highest BCUT2D eigenvalue weighted by molar-refractivity contribution is 5.66. The van der Waals surface area contributed by atoms with Crippen molar-refractivity contribution in [2.24, 2.45) is 5.92 Å². The van der Waals surface area contributed by atoms with E-state index in [1.807, 2.05) is 6.07 Å². The smallest absolute Gasteiger partial charge is 0.350 e. The quantitative estimate of drug-likeness (QED) is 0.826. The second-order valence-corrected chi connectivity index (χ2v) is 8.04. The van der Waals surface area contributed by atoms with Gasteiger partial charge in [-0.25, -0.2) is 4.79 Å². The molecule has 4 rings (SSSR count). The Morgan fingerprint density at radius 2 is 1.89 bits per heavy atom. The van der Waals surface area contributed by atoms with Gasteiger partial charge in [-0.3, -0.25) is 9.36 Å². The maximum absolute atomic E-state index is 13.0. The first-order valence-corrected chi connectivity index (χ1v) is 10.3. The number of hydrogen-bond donors (Lipinski definition) is 2. The van der Waals surface area contributed by atoms with Crippen molar-refractivity contribution in [1.29, 1.82) is 0 Å². The minimum atomic E-state index is -0.726. The molecule has 1 aliphatic heterocycles. The second kappa shape index (κ2) is 8.31. The van der Waals surface area contributed by atoms with E-state index in [4.69, 9.17) is 5.11 Å². The number of carboxylic acids is 1. The Kier molecular flexibility index (Phi) is 5.62. The van der Waals surface area contributed by atoms with Crippen LogP contribution in [0.5, 0.6) is 0 Å². The molecule has 0 unspecified atom stereocenters. The monoisotopic (exact) mass is 384 g/mol. The summed E-state index contributed by atoms with van der Waals surface area (Å²) in [6.45, 7) is 1.96. The molecule has 0 amide bonds. The Morgan fingerprint density at radius 3 is 2.64 bits per heavy atom. The molecule has 1 fully saturated rings. The predicted octanol–water partition coefficient (Wildman–Crippen LogP) is 2.32. The lowest BCUT2D eigenvalue weighted by Gasteiger charge is -2.28. The van der Waals surface area contributed by atoms with E-state index in [2.05, 4.69) is 22.5 Å². The lowest BCUT2D eigenvalue weighted by molar-refractivity contribution is -0.137. The van der Waals surface area contributed by atoms with E-state index in [-0.39, 0.29) is 18.2 Å². The average molecular weight is 384 g/mol. The number of aromatic nitrogens is 3. The number of hydrogen-bond acceptors (Lipinski definition) is 4. The van der Waals surface area contributed by atoms with Crippen molar-refractivity contribution in [3.05, 3.63) is 46.1 Å². The molecule has 0 spiro atoms. The van der Waals surface area contributed by atoms with Gasteiger partial charge in [-0.15, -0.1) is 0 Å². The number of nitrogens with one attached hydrogen (secondary N) is 1. The van der Waals surface area contributed by atoms with E-state index < -0.39 is 5.97 Å². The average Bonchev–Trinajstić information content (AvgIpc) is 2.93. The lowest BCUT2D eigenvalue weighted by atomic mass is 9.83. The minimum Gasteiger partial charge on any atom is -0.481 e. The Hall–Kier alpha value is -2.41. The Balaban J connectivity index is 1.47. The largest absolute Gasteiger partial charge is 0.481 e. The van der Waals surface area contributed by atoms with Crippen molar-refractivity contribution in [2.45, 2.75) is 57.4 Å². The van der Waals surface area contributed by atoms with Crippen LogP contribution in [0.4, 0.5) is 0 Å². The van der Waals surface area contributed by atoms with Crippen LogP contribution in [0.1, 0.15) is 55.7 Å². The molecule has 1 aromatic heterocycles. The molecule has 2 N–H and O–H groups in total. The SMILES string of the molecule is O=C(O)CCC1CCC(n2cnn(-c3ccc4c(c3)CCNCC4)c2=O)CC1. The first-order chi connectivity index (χ1) is 13.6. The molecule has 1 saturated carbocycles. The Morgan fingerprint density at radius 1 is 1.14 bits per heavy atom. The number of fused-ring (bicyclic) bond motifs is 1. The molecule has 1 aromatic carbocycles. The van der Waals surface area contributed by atoms with Crippen molar-refractivity contribution in [3.8, 4) is 5.69 Å². The van der Waals surface area contributed by atoms with Gasteiger partial charge in [0.1, 0.15) is 6.33 Å². The van der Waals surface area contributed by atoms with Crippen molar-refractivity contribution in [3.63, 3.8) is 0 Å². The first-order valence-electron chi connectivity index (χ1n) is 10.3. The van der Waals surface area contributed by atoms with Gasteiger partial charge in [-0.05, 0) is 87.2 Å². The van der Waals surface area contributed by atoms with Crippen LogP contribution in [0.3, 0.4) is 0 Å². The summed E-state index contributed by atoms with van der Waals surface area (Å²) in [4.78, 5) is 23.7. The van der Waals surface area contributed by atoms with E-state index in [9.17, 15) is 9.59 Å². The van der Waals surface area contributed by atoms with Gasteiger partial charge in [-0.1, -0.05) is 6.07 Å². The Labute approximate surface area is 164 Å². The van der Waals surface area contributed by atoms with Gasteiger partial charge >= 0.3 is 11.7 Å². The number of aliphatic carboxylic acids is 1. The molecular formula is C21H28N4O3. The zero-order valence-electron chi connectivity index (χ0n) is 16.1. The third kappa shape index (κ3) is 4.04. The van der Waals surface area contributed by atoms with Crippen molar-refractivity contribution in [2.75, 3.05) is 13.1 Å². The second-order valence-electron chi connectivity index (χ2n) is 8.04. The van der Waals surface area contributed by atoms with Crippen LogP contribution in [0, 0.1) is 5.92 Å². The summed E-state index contributed by atoms with van der Waals surface area (Å²) < 4.78 is 3.27. The van der Waals surface area contributed by atoms with Gasteiger partial charge in [0.25, 0.3) is 0 Å². The molecule has 0 radical (unpaired) electrons. The van der Waals surface area contributed by atoms with Crippen molar-refractivity contribution in [1.82, 2.24) is 19.7 Å². The molecule has 0 atom stereocenters. The van der Waals surface area contributed by atoms with Crippen LogP contribution in [-0.2, 0) is 17.6 Å². The van der Waals surface area contributed by atoms with E-state index >= 15 is 0 Å². The molecule has 2 aromatic rings. The van der Waals surface area contributed by atoms with E-state index in [1.54, 1.807) is 10.9 Å². The number of carboxylic acid groups (broad SMARTS) is 1. The van der Waals surface area contributed by atoms with Gasteiger partial charge < -0.3 is 10.4 Å².